The van der Waals surface area contributed by atoms with Gasteiger partial charge >= 0.3 is 0 Å². The summed E-state index contributed by atoms with van der Waals surface area (Å²) in [7, 11) is 0. The Balaban J connectivity index is 1.53. The average Bonchev–Trinajstić information content (AvgIpc) is 3.15. The quantitative estimate of drug-likeness (QED) is 0.174. The molecule has 0 spiro atoms. The third kappa shape index (κ3) is 7.35. The number of allylic oxidation sites excluding steroid dienone is 1. The van der Waals surface area contributed by atoms with Crippen LogP contribution in [0.3, 0.4) is 0 Å². The van der Waals surface area contributed by atoms with Gasteiger partial charge < -0.3 is 14.6 Å². The van der Waals surface area contributed by atoms with Crippen molar-refractivity contribution in [1.82, 2.24) is 14.8 Å². The molecule has 1 N–H and O–H groups in total. The number of halogens is 2. The molecule has 1 heterocycles. The summed E-state index contributed by atoms with van der Waals surface area (Å²) in [6, 6.07) is 11.4. The molecule has 9 heteroatoms. The first-order valence-electron chi connectivity index (χ1n) is 10.5. The van der Waals surface area contributed by atoms with E-state index in [1.165, 1.54) is 11.8 Å². The van der Waals surface area contributed by atoms with Crippen LogP contribution < -0.4 is 10.1 Å². The van der Waals surface area contributed by atoms with Gasteiger partial charge in [0.25, 0.3) is 0 Å². The van der Waals surface area contributed by atoms with Crippen molar-refractivity contribution in [3.05, 3.63) is 75.5 Å². The van der Waals surface area contributed by atoms with Crippen molar-refractivity contribution in [3.63, 3.8) is 0 Å². The molecule has 0 saturated heterocycles. The molecule has 0 unspecified atom stereocenters. The third-order valence-corrected chi connectivity index (χ3v) is 6.61. The number of hydrogen-bond donors (Lipinski definition) is 1. The topological polar surface area (TPSA) is 69.0 Å². The molecule has 3 aromatic rings. The molecule has 0 aliphatic carbocycles. The van der Waals surface area contributed by atoms with Gasteiger partial charge in [-0.1, -0.05) is 47.1 Å². The predicted molar refractivity (Wildman–Crippen MR) is 138 cm³/mol. The van der Waals surface area contributed by atoms with Crippen molar-refractivity contribution >= 4 is 50.9 Å². The number of benzene rings is 2. The Hall–Kier alpha value is -2.29. The number of nitrogens with zero attached hydrogens (tertiary/aromatic N) is 3. The Morgan fingerprint density at radius 2 is 2.09 bits per heavy atom. The minimum absolute atomic E-state index is 0.0800. The van der Waals surface area contributed by atoms with Crippen molar-refractivity contribution in [1.29, 1.82) is 0 Å². The zero-order valence-electron chi connectivity index (χ0n) is 18.6. The van der Waals surface area contributed by atoms with Crippen LogP contribution in [-0.4, -0.2) is 33.0 Å². The first-order valence-corrected chi connectivity index (χ1v) is 12.6. The molecule has 0 atom stereocenters. The first-order chi connectivity index (χ1) is 15.9. The Morgan fingerprint density at radius 3 is 2.82 bits per heavy atom. The third-order valence-electron chi connectivity index (χ3n) is 4.79. The van der Waals surface area contributed by atoms with E-state index >= 15 is 0 Å². The fraction of sp³-hybridized carbons (Fsp3) is 0.292. The number of anilines is 1. The number of aromatic nitrogens is 3. The Labute approximate surface area is 211 Å². The number of ether oxygens (including phenoxy) is 1. The lowest BCUT2D eigenvalue weighted by molar-refractivity contribution is -0.113. The van der Waals surface area contributed by atoms with Gasteiger partial charge in [0, 0.05) is 23.7 Å². The molecule has 0 bridgehead atoms. The second-order valence-electron chi connectivity index (χ2n) is 7.48. The van der Waals surface area contributed by atoms with Gasteiger partial charge in [-0.25, -0.2) is 0 Å². The van der Waals surface area contributed by atoms with Gasteiger partial charge in [0.1, 0.15) is 11.6 Å². The summed E-state index contributed by atoms with van der Waals surface area (Å²) in [5.41, 5.74) is 3.03. The van der Waals surface area contributed by atoms with Crippen LogP contribution >= 0.6 is 39.3 Å². The van der Waals surface area contributed by atoms with Gasteiger partial charge in [-0.2, -0.15) is 0 Å². The number of hydrogen-bond acceptors (Lipinski definition) is 5. The number of nitrogens with one attached hydrogen (secondary N) is 1. The summed E-state index contributed by atoms with van der Waals surface area (Å²) in [6.07, 6.45) is 3.26. The Morgan fingerprint density at radius 1 is 1.27 bits per heavy atom. The van der Waals surface area contributed by atoms with Gasteiger partial charge in [-0.3, -0.25) is 4.79 Å². The fourth-order valence-electron chi connectivity index (χ4n) is 3.20. The standard InChI is InChI=1S/C24H26BrClN4O2S/c1-4-11-30-22(6-5-12-32-21-10-8-18(26)14-19(21)25)28-29-24(30)33-15-23(31)27-20-9-7-16(2)13-17(20)3/h4,7-10,13-14H,1,5-6,11-12,15H2,2-3H3,(H,27,31). The molecule has 1 amide bonds. The van der Waals surface area contributed by atoms with Crippen LogP contribution in [0, 0.1) is 13.8 Å². The first kappa shape index (κ1) is 25.3. The summed E-state index contributed by atoms with van der Waals surface area (Å²) in [5.74, 6) is 1.75. The molecule has 0 fully saturated rings. The van der Waals surface area contributed by atoms with E-state index in [0.29, 0.717) is 29.8 Å². The van der Waals surface area contributed by atoms with Crippen LogP contribution in [0.1, 0.15) is 23.4 Å². The summed E-state index contributed by atoms with van der Waals surface area (Å²) in [4.78, 5) is 12.5. The van der Waals surface area contributed by atoms with E-state index in [0.717, 1.165) is 39.3 Å². The maximum atomic E-state index is 12.5. The summed E-state index contributed by atoms with van der Waals surface area (Å²) in [6.45, 7) is 8.95. The molecule has 2 aromatic carbocycles. The summed E-state index contributed by atoms with van der Waals surface area (Å²) in [5, 5.41) is 12.9. The number of thioether (sulfide) groups is 1. The van der Waals surface area contributed by atoms with E-state index in [1.807, 2.05) is 42.7 Å². The van der Waals surface area contributed by atoms with Crippen LogP contribution in [0.15, 0.2) is 58.7 Å². The van der Waals surface area contributed by atoms with Crippen molar-refractivity contribution in [2.24, 2.45) is 0 Å². The highest BCUT2D eigenvalue weighted by atomic mass is 79.9. The lowest BCUT2D eigenvalue weighted by atomic mass is 10.1. The maximum Gasteiger partial charge on any atom is 0.234 e. The highest BCUT2D eigenvalue weighted by molar-refractivity contribution is 9.10. The molecule has 174 valence electrons. The van der Waals surface area contributed by atoms with Crippen LogP contribution in [-0.2, 0) is 17.8 Å². The fourth-order valence-corrected chi connectivity index (χ4v) is 4.76. The van der Waals surface area contributed by atoms with Crippen molar-refractivity contribution < 1.29 is 9.53 Å². The molecule has 3 rings (SSSR count). The Bertz CT molecular complexity index is 1140. The molecular formula is C24H26BrClN4O2S. The molecule has 0 aliphatic rings. The molecule has 6 nitrogen and oxygen atoms in total. The number of rotatable bonds is 11. The zero-order chi connectivity index (χ0) is 23.8. The number of amides is 1. The van der Waals surface area contributed by atoms with Gasteiger partial charge in [0.05, 0.1) is 16.8 Å². The molecule has 0 saturated carbocycles. The Kier molecular flexibility index (Phi) is 9.41. The van der Waals surface area contributed by atoms with Crippen LogP contribution in [0.2, 0.25) is 5.02 Å². The van der Waals surface area contributed by atoms with Gasteiger partial charge in [0.15, 0.2) is 5.16 Å². The SMILES string of the molecule is C=CCn1c(CCCOc2ccc(Cl)cc2Br)nnc1SCC(=O)Nc1ccc(C)cc1C. The van der Waals surface area contributed by atoms with E-state index in [9.17, 15) is 4.79 Å². The van der Waals surface area contributed by atoms with E-state index in [4.69, 9.17) is 16.3 Å². The van der Waals surface area contributed by atoms with Gasteiger partial charge in [-0.15, -0.1) is 16.8 Å². The smallest absolute Gasteiger partial charge is 0.234 e. The van der Waals surface area contributed by atoms with Crippen LogP contribution in [0.25, 0.3) is 0 Å². The number of carbonyl (C=O) groups excluding carboxylic acids is 1. The molecule has 33 heavy (non-hydrogen) atoms. The monoisotopic (exact) mass is 548 g/mol. The largest absolute Gasteiger partial charge is 0.492 e. The summed E-state index contributed by atoms with van der Waals surface area (Å²) >= 11 is 10.8. The normalized spacial score (nSPS) is 10.8. The lowest BCUT2D eigenvalue weighted by Gasteiger charge is -2.10. The van der Waals surface area contributed by atoms with Gasteiger partial charge in [0.2, 0.25) is 5.91 Å². The maximum absolute atomic E-state index is 12.5. The predicted octanol–water partition coefficient (Wildman–Crippen LogP) is 6.24. The minimum atomic E-state index is -0.0800. The van der Waals surface area contributed by atoms with E-state index in [1.54, 1.807) is 18.2 Å². The average molecular weight is 550 g/mol. The van der Waals surface area contributed by atoms with Crippen molar-refractivity contribution in [3.8, 4) is 5.75 Å². The number of carbonyl (C=O) groups is 1. The second kappa shape index (κ2) is 12.3. The molecular weight excluding hydrogens is 524 g/mol. The van der Waals surface area contributed by atoms with Gasteiger partial charge in [-0.05, 0) is 66.0 Å². The van der Waals surface area contributed by atoms with Crippen LogP contribution in [0.5, 0.6) is 5.75 Å². The minimum Gasteiger partial charge on any atom is -0.492 e. The second-order valence-corrected chi connectivity index (χ2v) is 9.71. The zero-order valence-corrected chi connectivity index (χ0v) is 21.8. The highest BCUT2D eigenvalue weighted by Crippen LogP contribution is 2.28. The lowest BCUT2D eigenvalue weighted by Crippen LogP contribution is -2.15. The highest BCUT2D eigenvalue weighted by Gasteiger charge is 2.14. The van der Waals surface area contributed by atoms with Crippen molar-refractivity contribution in [2.45, 2.75) is 38.4 Å². The summed E-state index contributed by atoms with van der Waals surface area (Å²) < 4.78 is 8.64. The number of aryl methyl sites for hydroxylation is 3. The van der Waals surface area contributed by atoms with E-state index < -0.39 is 0 Å². The van der Waals surface area contributed by atoms with Crippen molar-refractivity contribution in [2.75, 3.05) is 17.7 Å². The molecule has 0 aliphatic heterocycles. The molecule has 1 aromatic heterocycles. The van der Waals surface area contributed by atoms with E-state index in [-0.39, 0.29) is 11.7 Å². The molecule has 0 radical (unpaired) electrons. The van der Waals surface area contributed by atoms with Crippen LogP contribution in [0.4, 0.5) is 5.69 Å². The van der Waals surface area contributed by atoms with E-state index in [2.05, 4.69) is 38.0 Å².